The van der Waals surface area contributed by atoms with E-state index in [1.165, 1.54) is 6.07 Å². The standard InChI is InChI=1S/C16H17FN4O/c1-12(22)20-6-8-21(9-7-20)16-18-10-13(11-19-16)14-4-2-3-5-15(14)17/h2-5,10-11H,6-9H2,1H3. The number of hydrogen-bond acceptors (Lipinski definition) is 4. The summed E-state index contributed by atoms with van der Waals surface area (Å²) in [6.07, 6.45) is 3.27. The summed E-state index contributed by atoms with van der Waals surface area (Å²) < 4.78 is 13.7. The average molecular weight is 300 g/mol. The monoisotopic (exact) mass is 300 g/mol. The molecule has 2 aromatic rings. The molecule has 0 spiro atoms. The third-order valence-electron chi connectivity index (χ3n) is 3.83. The van der Waals surface area contributed by atoms with Crippen LogP contribution in [0.3, 0.4) is 0 Å². The maximum Gasteiger partial charge on any atom is 0.225 e. The molecular formula is C16H17FN4O. The summed E-state index contributed by atoms with van der Waals surface area (Å²) in [5.41, 5.74) is 1.15. The van der Waals surface area contributed by atoms with Gasteiger partial charge in [0.05, 0.1) is 0 Å². The molecule has 0 aliphatic carbocycles. The molecule has 114 valence electrons. The fraction of sp³-hybridized carbons (Fsp3) is 0.312. The van der Waals surface area contributed by atoms with Crippen molar-refractivity contribution in [2.75, 3.05) is 31.1 Å². The zero-order valence-corrected chi connectivity index (χ0v) is 12.4. The Bertz CT molecular complexity index is 666. The van der Waals surface area contributed by atoms with E-state index in [0.29, 0.717) is 43.3 Å². The summed E-state index contributed by atoms with van der Waals surface area (Å²) >= 11 is 0. The first-order chi connectivity index (χ1) is 10.6. The van der Waals surface area contributed by atoms with Crippen molar-refractivity contribution >= 4 is 11.9 Å². The molecule has 2 heterocycles. The lowest BCUT2D eigenvalue weighted by molar-refractivity contribution is -0.129. The molecule has 1 aliphatic rings. The first-order valence-electron chi connectivity index (χ1n) is 7.22. The van der Waals surface area contributed by atoms with Crippen molar-refractivity contribution in [3.05, 3.63) is 42.5 Å². The van der Waals surface area contributed by atoms with Crippen LogP contribution in [0.5, 0.6) is 0 Å². The minimum Gasteiger partial charge on any atom is -0.339 e. The SMILES string of the molecule is CC(=O)N1CCN(c2ncc(-c3ccccc3F)cn2)CC1. The molecule has 1 amide bonds. The molecule has 1 aliphatic heterocycles. The molecule has 3 rings (SSSR count). The van der Waals surface area contributed by atoms with Crippen LogP contribution in [0.1, 0.15) is 6.92 Å². The molecule has 0 saturated carbocycles. The van der Waals surface area contributed by atoms with Crippen molar-refractivity contribution in [2.45, 2.75) is 6.92 Å². The Morgan fingerprint density at radius 1 is 1.09 bits per heavy atom. The largest absolute Gasteiger partial charge is 0.339 e. The predicted molar refractivity (Wildman–Crippen MR) is 81.9 cm³/mol. The number of aromatic nitrogens is 2. The maximum absolute atomic E-state index is 13.7. The number of carbonyl (C=O) groups excluding carboxylic acids is 1. The van der Waals surface area contributed by atoms with Gasteiger partial charge in [0.2, 0.25) is 11.9 Å². The normalized spacial score (nSPS) is 15.0. The van der Waals surface area contributed by atoms with Crippen molar-refractivity contribution in [3.8, 4) is 11.1 Å². The summed E-state index contributed by atoms with van der Waals surface area (Å²) in [6, 6.07) is 6.57. The van der Waals surface area contributed by atoms with Crippen molar-refractivity contribution < 1.29 is 9.18 Å². The van der Waals surface area contributed by atoms with Crippen molar-refractivity contribution in [1.29, 1.82) is 0 Å². The molecule has 0 N–H and O–H groups in total. The van der Waals surface area contributed by atoms with E-state index in [4.69, 9.17) is 0 Å². The van der Waals surface area contributed by atoms with Crippen LogP contribution in [0, 0.1) is 5.82 Å². The fourth-order valence-electron chi connectivity index (χ4n) is 2.54. The number of carbonyl (C=O) groups is 1. The Kier molecular flexibility index (Phi) is 4.00. The average Bonchev–Trinajstić information content (AvgIpc) is 2.56. The Morgan fingerprint density at radius 2 is 1.73 bits per heavy atom. The van der Waals surface area contributed by atoms with Gasteiger partial charge in [-0.25, -0.2) is 14.4 Å². The summed E-state index contributed by atoms with van der Waals surface area (Å²) in [6.45, 7) is 4.34. The minimum atomic E-state index is -0.283. The predicted octanol–water partition coefficient (Wildman–Crippen LogP) is 1.95. The number of benzene rings is 1. The van der Waals surface area contributed by atoms with Crippen LogP contribution in [-0.2, 0) is 4.79 Å². The Hall–Kier alpha value is -2.50. The van der Waals surface area contributed by atoms with Crippen LogP contribution < -0.4 is 4.90 Å². The van der Waals surface area contributed by atoms with Crippen LogP contribution in [0.4, 0.5) is 10.3 Å². The molecule has 0 atom stereocenters. The zero-order valence-electron chi connectivity index (χ0n) is 12.4. The topological polar surface area (TPSA) is 49.3 Å². The summed E-state index contributed by atoms with van der Waals surface area (Å²) in [7, 11) is 0. The van der Waals surface area contributed by atoms with Gasteiger partial charge in [0.1, 0.15) is 5.82 Å². The second-order valence-corrected chi connectivity index (χ2v) is 5.24. The number of nitrogens with zero attached hydrogens (tertiary/aromatic N) is 4. The lowest BCUT2D eigenvalue weighted by atomic mass is 10.1. The van der Waals surface area contributed by atoms with Gasteiger partial charge in [-0.05, 0) is 6.07 Å². The van der Waals surface area contributed by atoms with Gasteiger partial charge in [0.25, 0.3) is 0 Å². The molecule has 1 aromatic heterocycles. The molecule has 0 unspecified atom stereocenters. The first-order valence-corrected chi connectivity index (χ1v) is 7.22. The molecule has 5 nitrogen and oxygen atoms in total. The number of hydrogen-bond donors (Lipinski definition) is 0. The molecule has 1 fully saturated rings. The second kappa shape index (κ2) is 6.09. The minimum absolute atomic E-state index is 0.0930. The zero-order chi connectivity index (χ0) is 15.5. The lowest BCUT2D eigenvalue weighted by Gasteiger charge is -2.34. The summed E-state index contributed by atoms with van der Waals surface area (Å²) in [5.74, 6) is 0.424. The van der Waals surface area contributed by atoms with Crippen LogP contribution >= 0.6 is 0 Å². The van der Waals surface area contributed by atoms with Crippen LogP contribution in [-0.4, -0.2) is 47.0 Å². The first kappa shape index (κ1) is 14.4. The van der Waals surface area contributed by atoms with Gasteiger partial charge in [-0.15, -0.1) is 0 Å². The Balaban J connectivity index is 1.73. The second-order valence-electron chi connectivity index (χ2n) is 5.24. The van der Waals surface area contributed by atoms with Crippen LogP contribution in [0.25, 0.3) is 11.1 Å². The van der Waals surface area contributed by atoms with E-state index in [1.807, 2.05) is 9.80 Å². The van der Waals surface area contributed by atoms with E-state index in [0.717, 1.165) is 0 Å². The van der Waals surface area contributed by atoms with Crippen LogP contribution in [0.15, 0.2) is 36.7 Å². The Labute approximate surface area is 128 Å². The number of anilines is 1. The van der Waals surface area contributed by atoms with Crippen molar-refractivity contribution in [3.63, 3.8) is 0 Å². The third-order valence-corrected chi connectivity index (χ3v) is 3.83. The van der Waals surface area contributed by atoms with Gasteiger partial charge in [-0.1, -0.05) is 18.2 Å². The number of amides is 1. The molecule has 22 heavy (non-hydrogen) atoms. The van der Waals surface area contributed by atoms with Crippen LogP contribution in [0.2, 0.25) is 0 Å². The third kappa shape index (κ3) is 2.90. The van der Waals surface area contributed by atoms with Crippen molar-refractivity contribution in [2.24, 2.45) is 0 Å². The lowest BCUT2D eigenvalue weighted by Crippen LogP contribution is -2.48. The summed E-state index contributed by atoms with van der Waals surface area (Å²) in [4.78, 5) is 23.8. The maximum atomic E-state index is 13.7. The van der Waals surface area contributed by atoms with Gasteiger partial charge in [-0.2, -0.15) is 0 Å². The highest BCUT2D eigenvalue weighted by Gasteiger charge is 2.20. The highest BCUT2D eigenvalue weighted by atomic mass is 19.1. The highest BCUT2D eigenvalue weighted by Crippen LogP contribution is 2.22. The van der Waals surface area contributed by atoms with Gasteiger partial charge < -0.3 is 9.80 Å². The smallest absolute Gasteiger partial charge is 0.225 e. The number of halogens is 1. The molecule has 1 saturated heterocycles. The van der Waals surface area contributed by atoms with E-state index in [2.05, 4.69) is 9.97 Å². The highest BCUT2D eigenvalue weighted by molar-refractivity contribution is 5.73. The fourth-order valence-corrected chi connectivity index (χ4v) is 2.54. The molecule has 0 bridgehead atoms. The van der Waals surface area contributed by atoms with E-state index in [1.54, 1.807) is 37.5 Å². The van der Waals surface area contributed by atoms with Gasteiger partial charge >= 0.3 is 0 Å². The molecule has 0 radical (unpaired) electrons. The summed E-state index contributed by atoms with van der Waals surface area (Å²) in [5, 5.41) is 0. The number of piperazine rings is 1. The van der Waals surface area contributed by atoms with E-state index in [9.17, 15) is 9.18 Å². The molecule has 6 heteroatoms. The van der Waals surface area contributed by atoms with E-state index >= 15 is 0 Å². The van der Waals surface area contributed by atoms with Gasteiger partial charge in [0.15, 0.2) is 0 Å². The quantitative estimate of drug-likeness (QED) is 0.850. The molecule has 1 aromatic carbocycles. The van der Waals surface area contributed by atoms with E-state index in [-0.39, 0.29) is 11.7 Å². The van der Waals surface area contributed by atoms with E-state index < -0.39 is 0 Å². The number of rotatable bonds is 2. The van der Waals surface area contributed by atoms with Crippen molar-refractivity contribution in [1.82, 2.24) is 14.9 Å². The Morgan fingerprint density at radius 3 is 2.32 bits per heavy atom. The van der Waals surface area contributed by atoms with Gasteiger partial charge in [0, 0.05) is 56.6 Å². The molecular weight excluding hydrogens is 283 g/mol. The van der Waals surface area contributed by atoms with Gasteiger partial charge in [-0.3, -0.25) is 4.79 Å².